The number of phenolic OH excluding ortho intramolecular Hbond substituents is 1. The van der Waals surface area contributed by atoms with Gasteiger partial charge in [0.2, 0.25) is 0 Å². The average molecular weight is 417 g/mol. The van der Waals surface area contributed by atoms with Gasteiger partial charge in [-0.05, 0) is 49.2 Å². The molecule has 8 nitrogen and oxygen atoms in total. The molecule has 0 aliphatic carbocycles. The van der Waals surface area contributed by atoms with Gasteiger partial charge >= 0.3 is 5.97 Å². The zero-order chi connectivity index (χ0) is 22.1. The summed E-state index contributed by atoms with van der Waals surface area (Å²) in [7, 11) is 4.56. The molecular formula is C22H27NO7. The van der Waals surface area contributed by atoms with Gasteiger partial charge in [-0.15, -0.1) is 0 Å². The molecule has 0 bridgehead atoms. The molecule has 2 rings (SSSR count). The number of carbonyl (C=O) groups is 2. The summed E-state index contributed by atoms with van der Waals surface area (Å²) >= 11 is 0. The lowest BCUT2D eigenvalue weighted by atomic mass is 10.1. The van der Waals surface area contributed by atoms with E-state index in [-0.39, 0.29) is 24.8 Å². The Labute approximate surface area is 175 Å². The summed E-state index contributed by atoms with van der Waals surface area (Å²) in [5, 5.41) is 12.5. The molecule has 1 unspecified atom stereocenters. The molecule has 8 heteroatoms. The summed E-state index contributed by atoms with van der Waals surface area (Å²) in [6.07, 6.45) is 0.452. The van der Waals surface area contributed by atoms with Gasteiger partial charge in [-0.3, -0.25) is 9.59 Å². The SMILES string of the molecule is COc1ccc(OC)c(C(C)NC(=O)COC(=O)CCc2ccc(OC)c(O)c2)c1. The molecule has 0 fully saturated rings. The zero-order valence-corrected chi connectivity index (χ0v) is 17.6. The van der Waals surface area contributed by atoms with Crippen molar-refractivity contribution >= 4 is 11.9 Å². The lowest BCUT2D eigenvalue weighted by molar-refractivity contribution is -0.148. The van der Waals surface area contributed by atoms with Crippen molar-refractivity contribution in [2.24, 2.45) is 0 Å². The van der Waals surface area contributed by atoms with Gasteiger partial charge in [-0.1, -0.05) is 6.07 Å². The summed E-state index contributed by atoms with van der Waals surface area (Å²) < 4.78 is 20.6. The second kappa shape index (κ2) is 10.9. The van der Waals surface area contributed by atoms with Crippen LogP contribution in [0.5, 0.6) is 23.0 Å². The van der Waals surface area contributed by atoms with E-state index in [0.717, 1.165) is 11.1 Å². The molecule has 0 aliphatic rings. The Kier molecular flexibility index (Phi) is 8.34. The highest BCUT2D eigenvalue weighted by Gasteiger charge is 2.16. The standard InChI is InChI=1S/C22H27NO7/c1-14(17-12-16(27-2)7-9-19(17)28-3)23-21(25)13-30-22(26)10-6-15-5-8-20(29-4)18(24)11-15/h5,7-9,11-12,14,24H,6,10,13H2,1-4H3,(H,23,25). The number of benzene rings is 2. The number of esters is 1. The fourth-order valence-electron chi connectivity index (χ4n) is 2.89. The van der Waals surface area contributed by atoms with Crippen molar-refractivity contribution in [2.75, 3.05) is 27.9 Å². The Hall–Kier alpha value is -3.42. The molecule has 1 amide bonds. The Morgan fingerprint density at radius 1 is 1.00 bits per heavy atom. The van der Waals surface area contributed by atoms with Crippen LogP contribution in [0.2, 0.25) is 0 Å². The molecule has 0 spiro atoms. The van der Waals surface area contributed by atoms with Gasteiger partial charge in [0, 0.05) is 12.0 Å². The molecule has 2 aromatic carbocycles. The van der Waals surface area contributed by atoms with E-state index in [1.54, 1.807) is 51.5 Å². The predicted octanol–water partition coefficient (Wildman–Crippen LogP) is 2.77. The highest BCUT2D eigenvalue weighted by atomic mass is 16.5. The first kappa shape index (κ1) is 22.9. The van der Waals surface area contributed by atoms with E-state index in [1.807, 2.05) is 0 Å². The van der Waals surface area contributed by atoms with Gasteiger partial charge in [-0.2, -0.15) is 0 Å². The number of hydrogen-bond donors (Lipinski definition) is 2. The predicted molar refractivity (Wildman–Crippen MR) is 110 cm³/mol. The molecule has 162 valence electrons. The van der Waals surface area contributed by atoms with Crippen LogP contribution in [-0.2, 0) is 20.7 Å². The number of nitrogens with one attached hydrogen (secondary N) is 1. The molecule has 0 aliphatic heterocycles. The van der Waals surface area contributed by atoms with E-state index in [9.17, 15) is 14.7 Å². The molecule has 0 aromatic heterocycles. The van der Waals surface area contributed by atoms with Gasteiger partial charge in [0.25, 0.3) is 5.91 Å². The van der Waals surface area contributed by atoms with Crippen molar-refractivity contribution in [1.82, 2.24) is 5.32 Å². The first-order chi connectivity index (χ1) is 14.4. The number of hydrogen-bond acceptors (Lipinski definition) is 7. The number of aromatic hydroxyl groups is 1. The van der Waals surface area contributed by atoms with Crippen LogP contribution in [0.25, 0.3) is 0 Å². The molecule has 1 atom stereocenters. The maximum atomic E-state index is 12.2. The number of carbonyl (C=O) groups excluding carboxylic acids is 2. The molecule has 30 heavy (non-hydrogen) atoms. The third kappa shape index (κ3) is 6.30. The second-order valence-corrected chi connectivity index (χ2v) is 6.56. The fourth-order valence-corrected chi connectivity index (χ4v) is 2.89. The third-order valence-electron chi connectivity index (χ3n) is 4.51. The highest BCUT2D eigenvalue weighted by Crippen LogP contribution is 2.29. The Balaban J connectivity index is 1.82. The van der Waals surface area contributed by atoms with Crippen molar-refractivity contribution < 1.29 is 33.6 Å². The number of methoxy groups -OCH3 is 3. The van der Waals surface area contributed by atoms with E-state index in [1.165, 1.54) is 13.2 Å². The smallest absolute Gasteiger partial charge is 0.306 e. The van der Waals surface area contributed by atoms with E-state index in [4.69, 9.17) is 18.9 Å². The Morgan fingerprint density at radius 2 is 1.70 bits per heavy atom. The Morgan fingerprint density at radius 3 is 2.33 bits per heavy atom. The summed E-state index contributed by atoms with van der Waals surface area (Å²) in [5.74, 6) is 0.686. The molecule has 0 heterocycles. The maximum absolute atomic E-state index is 12.2. The van der Waals surface area contributed by atoms with Gasteiger partial charge in [0.05, 0.1) is 27.4 Å². The summed E-state index contributed by atoms with van der Waals surface area (Å²) in [4.78, 5) is 24.1. The third-order valence-corrected chi connectivity index (χ3v) is 4.51. The van der Waals surface area contributed by atoms with Crippen LogP contribution < -0.4 is 19.5 Å². The maximum Gasteiger partial charge on any atom is 0.306 e. The van der Waals surface area contributed by atoms with Crippen LogP contribution >= 0.6 is 0 Å². The summed E-state index contributed by atoms with van der Waals surface area (Å²) in [6, 6.07) is 9.83. The quantitative estimate of drug-likeness (QED) is 0.573. The lowest BCUT2D eigenvalue weighted by Gasteiger charge is -2.18. The van der Waals surface area contributed by atoms with Crippen LogP contribution in [0, 0.1) is 0 Å². The monoisotopic (exact) mass is 417 g/mol. The van der Waals surface area contributed by atoms with Crippen molar-refractivity contribution in [3.8, 4) is 23.0 Å². The summed E-state index contributed by atoms with van der Waals surface area (Å²) in [6.45, 7) is 1.41. The summed E-state index contributed by atoms with van der Waals surface area (Å²) in [5.41, 5.74) is 1.50. The number of ether oxygens (including phenoxy) is 4. The van der Waals surface area contributed by atoms with E-state index >= 15 is 0 Å². The van der Waals surface area contributed by atoms with E-state index < -0.39 is 11.9 Å². The van der Waals surface area contributed by atoms with Crippen molar-refractivity contribution in [3.63, 3.8) is 0 Å². The average Bonchev–Trinajstić information content (AvgIpc) is 2.75. The van der Waals surface area contributed by atoms with Crippen molar-refractivity contribution in [3.05, 3.63) is 47.5 Å². The molecule has 0 saturated carbocycles. The molecule has 2 N–H and O–H groups in total. The van der Waals surface area contributed by atoms with E-state index in [0.29, 0.717) is 23.7 Å². The van der Waals surface area contributed by atoms with Crippen LogP contribution in [0.4, 0.5) is 0 Å². The first-order valence-electron chi connectivity index (χ1n) is 9.40. The molecule has 0 saturated heterocycles. The zero-order valence-electron chi connectivity index (χ0n) is 17.6. The fraction of sp³-hybridized carbons (Fsp3) is 0.364. The second-order valence-electron chi connectivity index (χ2n) is 6.56. The highest BCUT2D eigenvalue weighted by molar-refractivity contribution is 5.81. The van der Waals surface area contributed by atoms with Crippen molar-refractivity contribution in [2.45, 2.75) is 25.8 Å². The van der Waals surface area contributed by atoms with Crippen molar-refractivity contribution in [1.29, 1.82) is 0 Å². The van der Waals surface area contributed by atoms with Gasteiger partial charge in [0.1, 0.15) is 11.5 Å². The topological polar surface area (TPSA) is 103 Å². The number of amides is 1. The normalized spacial score (nSPS) is 11.3. The molecule has 0 radical (unpaired) electrons. The van der Waals surface area contributed by atoms with Crippen LogP contribution in [0.1, 0.15) is 30.5 Å². The minimum Gasteiger partial charge on any atom is -0.504 e. The minimum atomic E-state index is -0.507. The number of rotatable bonds is 10. The number of phenols is 1. The van der Waals surface area contributed by atoms with Crippen LogP contribution in [0.3, 0.4) is 0 Å². The first-order valence-corrected chi connectivity index (χ1v) is 9.40. The largest absolute Gasteiger partial charge is 0.504 e. The lowest BCUT2D eigenvalue weighted by Crippen LogP contribution is -2.31. The molecular weight excluding hydrogens is 390 g/mol. The van der Waals surface area contributed by atoms with Gasteiger partial charge in [-0.25, -0.2) is 0 Å². The minimum absolute atomic E-state index is 0.00435. The Bertz CT molecular complexity index is 882. The number of aryl methyl sites for hydroxylation is 1. The van der Waals surface area contributed by atoms with Gasteiger partial charge in [0.15, 0.2) is 18.1 Å². The van der Waals surface area contributed by atoms with Gasteiger partial charge < -0.3 is 29.4 Å². The van der Waals surface area contributed by atoms with E-state index in [2.05, 4.69) is 5.32 Å². The molecule has 2 aromatic rings. The van der Waals surface area contributed by atoms with Crippen LogP contribution in [-0.4, -0.2) is 44.9 Å². The van der Waals surface area contributed by atoms with Crippen LogP contribution in [0.15, 0.2) is 36.4 Å².